The zero-order valence-electron chi connectivity index (χ0n) is 18.5. The third-order valence-electron chi connectivity index (χ3n) is 5.15. The van der Waals surface area contributed by atoms with Crippen LogP contribution in [-0.2, 0) is 4.79 Å². The average Bonchev–Trinajstić information content (AvgIpc) is 3.43. The molecular formula is C25H33FN4O. The molecule has 2 fully saturated rings. The summed E-state index contributed by atoms with van der Waals surface area (Å²) in [6.07, 6.45) is 5.68. The Hall–Kier alpha value is -2.75. The second kappa shape index (κ2) is 13.5. The molecule has 0 bridgehead atoms. The maximum Gasteiger partial charge on any atom is 0.211 e. The van der Waals surface area contributed by atoms with Gasteiger partial charge in [0.15, 0.2) is 0 Å². The lowest BCUT2D eigenvalue weighted by Crippen LogP contribution is -2.25. The minimum Gasteiger partial charge on any atom is -0.326 e. The number of hydrogen-bond acceptors (Lipinski definition) is 4. The van der Waals surface area contributed by atoms with E-state index in [1.54, 1.807) is 18.2 Å². The summed E-state index contributed by atoms with van der Waals surface area (Å²) in [5.41, 5.74) is 2.52. The van der Waals surface area contributed by atoms with Gasteiger partial charge < -0.3 is 16.0 Å². The molecule has 1 aliphatic heterocycles. The van der Waals surface area contributed by atoms with Crippen molar-refractivity contribution in [1.82, 2.24) is 10.6 Å². The quantitative estimate of drug-likeness (QED) is 0.561. The first-order valence-corrected chi connectivity index (χ1v) is 11.1. The molecule has 4 rings (SSSR count). The fourth-order valence-electron chi connectivity index (χ4n) is 3.34. The normalized spacial score (nSPS) is 15.4. The molecule has 2 aromatic rings. The van der Waals surface area contributed by atoms with E-state index in [0.717, 1.165) is 17.7 Å². The Labute approximate surface area is 185 Å². The molecule has 6 heteroatoms. The molecule has 1 amide bonds. The first-order chi connectivity index (χ1) is 15.2. The molecule has 3 N–H and O–H groups in total. The van der Waals surface area contributed by atoms with E-state index in [9.17, 15) is 9.18 Å². The highest BCUT2D eigenvalue weighted by Crippen LogP contribution is 2.31. The highest BCUT2D eigenvalue weighted by atomic mass is 19.1. The lowest BCUT2D eigenvalue weighted by Gasteiger charge is -2.21. The molecule has 1 saturated carbocycles. The number of anilines is 1. The summed E-state index contributed by atoms with van der Waals surface area (Å²) in [4.78, 5) is 10.7. The standard InChI is InChI=1S/C19H18FN3O.C4H9N.C2H6/c20-17-7-6-16(9-18(17)23-12-24)19(22-11-13-4-5-13)15-3-1-2-14(8-15)10-21;1-2-4-5-3-1;1-2/h1-3,6-9,12-13,19,22H,4-5,11H2,(H,23,24);5H,1-4H2;1-2H3. The second-order valence-corrected chi connectivity index (χ2v) is 7.48. The van der Waals surface area contributed by atoms with Crippen molar-refractivity contribution in [3.63, 3.8) is 0 Å². The lowest BCUT2D eigenvalue weighted by molar-refractivity contribution is -0.105. The van der Waals surface area contributed by atoms with Crippen LogP contribution in [-0.4, -0.2) is 26.0 Å². The summed E-state index contributed by atoms with van der Waals surface area (Å²) in [7, 11) is 0. The van der Waals surface area contributed by atoms with E-state index in [1.807, 2.05) is 32.0 Å². The monoisotopic (exact) mass is 424 g/mol. The number of carbonyl (C=O) groups excluding carboxylic acids is 1. The third-order valence-corrected chi connectivity index (χ3v) is 5.15. The van der Waals surface area contributed by atoms with Crippen LogP contribution in [0.3, 0.4) is 0 Å². The highest BCUT2D eigenvalue weighted by Gasteiger charge is 2.24. The van der Waals surface area contributed by atoms with Gasteiger partial charge in [-0.05, 0) is 86.6 Å². The van der Waals surface area contributed by atoms with Crippen LogP contribution in [0.5, 0.6) is 0 Å². The first kappa shape index (κ1) is 24.5. The summed E-state index contributed by atoms with van der Waals surface area (Å²) in [5.74, 6) is 0.206. The van der Waals surface area contributed by atoms with E-state index in [2.05, 4.69) is 22.0 Å². The van der Waals surface area contributed by atoms with Gasteiger partial charge in [-0.3, -0.25) is 4.79 Å². The van der Waals surface area contributed by atoms with Crippen molar-refractivity contribution in [2.75, 3.05) is 25.0 Å². The fourth-order valence-corrected chi connectivity index (χ4v) is 3.34. The van der Waals surface area contributed by atoms with E-state index >= 15 is 0 Å². The Kier molecular flexibility index (Phi) is 10.7. The van der Waals surface area contributed by atoms with Gasteiger partial charge in [-0.15, -0.1) is 0 Å². The number of rotatable bonds is 7. The summed E-state index contributed by atoms with van der Waals surface area (Å²) in [6, 6.07) is 14.0. The Balaban J connectivity index is 0.000000420. The molecule has 2 aromatic carbocycles. The molecular weight excluding hydrogens is 391 g/mol. The van der Waals surface area contributed by atoms with Crippen LogP contribution in [0.15, 0.2) is 42.5 Å². The summed E-state index contributed by atoms with van der Waals surface area (Å²) < 4.78 is 13.8. The number of nitriles is 1. The number of nitrogens with zero attached hydrogens (tertiary/aromatic N) is 1. The van der Waals surface area contributed by atoms with Gasteiger partial charge in [-0.2, -0.15) is 5.26 Å². The van der Waals surface area contributed by atoms with Gasteiger partial charge in [-0.1, -0.05) is 32.0 Å². The summed E-state index contributed by atoms with van der Waals surface area (Å²) in [6.45, 7) is 7.37. The number of amides is 1. The number of benzene rings is 2. The minimum atomic E-state index is -0.474. The van der Waals surface area contributed by atoms with Crippen LogP contribution >= 0.6 is 0 Å². The molecule has 0 aromatic heterocycles. The molecule has 1 heterocycles. The molecule has 5 nitrogen and oxygen atoms in total. The third kappa shape index (κ3) is 8.12. The van der Waals surface area contributed by atoms with E-state index in [4.69, 9.17) is 5.26 Å². The lowest BCUT2D eigenvalue weighted by atomic mass is 9.96. The molecule has 1 unspecified atom stereocenters. The van der Waals surface area contributed by atoms with Crippen LogP contribution in [0, 0.1) is 23.1 Å². The van der Waals surface area contributed by atoms with Crippen molar-refractivity contribution >= 4 is 12.1 Å². The fraction of sp³-hybridized carbons (Fsp3) is 0.440. The number of nitrogens with one attached hydrogen (secondary N) is 3. The van der Waals surface area contributed by atoms with Crippen molar-refractivity contribution < 1.29 is 9.18 Å². The van der Waals surface area contributed by atoms with Crippen LogP contribution in [0.4, 0.5) is 10.1 Å². The van der Waals surface area contributed by atoms with Crippen molar-refractivity contribution in [2.24, 2.45) is 5.92 Å². The highest BCUT2D eigenvalue weighted by molar-refractivity contribution is 5.72. The van der Waals surface area contributed by atoms with Crippen molar-refractivity contribution in [3.05, 3.63) is 65.0 Å². The second-order valence-electron chi connectivity index (χ2n) is 7.48. The van der Waals surface area contributed by atoms with Gasteiger partial charge in [0.25, 0.3) is 0 Å². The van der Waals surface area contributed by atoms with Gasteiger partial charge in [-0.25, -0.2) is 4.39 Å². The van der Waals surface area contributed by atoms with Crippen LogP contribution in [0.2, 0.25) is 0 Å². The van der Waals surface area contributed by atoms with E-state index in [1.165, 1.54) is 44.8 Å². The Bertz CT molecular complexity index is 849. The largest absolute Gasteiger partial charge is 0.326 e. The molecule has 0 radical (unpaired) electrons. The van der Waals surface area contributed by atoms with E-state index in [-0.39, 0.29) is 11.7 Å². The maximum atomic E-state index is 13.8. The van der Waals surface area contributed by atoms with Gasteiger partial charge >= 0.3 is 0 Å². The van der Waals surface area contributed by atoms with Crippen LogP contribution in [0.25, 0.3) is 0 Å². The molecule has 166 valence electrons. The summed E-state index contributed by atoms with van der Waals surface area (Å²) in [5, 5.41) is 18.2. The molecule has 31 heavy (non-hydrogen) atoms. The van der Waals surface area contributed by atoms with Gasteiger partial charge in [0.1, 0.15) is 5.82 Å². The minimum absolute atomic E-state index is 0.150. The Morgan fingerprint density at radius 2 is 1.87 bits per heavy atom. The molecule has 0 spiro atoms. The summed E-state index contributed by atoms with van der Waals surface area (Å²) >= 11 is 0. The van der Waals surface area contributed by atoms with Gasteiger partial charge in [0.2, 0.25) is 6.41 Å². The average molecular weight is 425 g/mol. The van der Waals surface area contributed by atoms with Crippen molar-refractivity contribution in [3.8, 4) is 6.07 Å². The van der Waals surface area contributed by atoms with Crippen LogP contribution in [0.1, 0.15) is 62.3 Å². The zero-order chi connectivity index (χ0) is 22.5. The van der Waals surface area contributed by atoms with E-state index < -0.39 is 5.82 Å². The number of halogens is 1. The predicted octanol–water partition coefficient (Wildman–Crippen LogP) is 4.75. The molecule has 2 aliphatic rings. The van der Waals surface area contributed by atoms with Gasteiger partial charge in [0, 0.05) is 0 Å². The van der Waals surface area contributed by atoms with Gasteiger partial charge in [0.05, 0.1) is 23.4 Å². The van der Waals surface area contributed by atoms with Crippen molar-refractivity contribution in [1.29, 1.82) is 5.26 Å². The maximum absolute atomic E-state index is 13.8. The number of carbonyl (C=O) groups is 1. The Morgan fingerprint density at radius 1 is 1.16 bits per heavy atom. The first-order valence-electron chi connectivity index (χ1n) is 11.1. The number of hydrogen-bond donors (Lipinski definition) is 3. The van der Waals surface area contributed by atoms with Crippen molar-refractivity contribution in [2.45, 2.75) is 45.6 Å². The molecule has 1 saturated heterocycles. The van der Waals surface area contributed by atoms with Crippen LogP contribution < -0.4 is 16.0 Å². The van der Waals surface area contributed by atoms with E-state index in [0.29, 0.717) is 17.9 Å². The molecule has 1 atom stereocenters. The molecule has 1 aliphatic carbocycles. The topological polar surface area (TPSA) is 77.0 Å². The zero-order valence-corrected chi connectivity index (χ0v) is 18.5. The predicted molar refractivity (Wildman–Crippen MR) is 123 cm³/mol. The smallest absolute Gasteiger partial charge is 0.211 e. The Morgan fingerprint density at radius 3 is 2.45 bits per heavy atom. The SMILES string of the molecule is C1CCNC1.CC.N#Cc1cccc(C(NCC2CC2)c2ccc(F)c(NC=O)c2)c1.